The molecule has 0 saturated carbocycles. The molecular formula is C15H17F3N4OS. The predicted octanol–water partition coefficient (Wildman–Crippen LogP) is 2.82. The topological polar surface area (TPSA) is 50.5 Å². The van der Waals surface area contributed by atoms with Crippen LogP contribution < -0.4 is 0 Å². The minimum Gasteiger partial charge on any atom is -0.341 e. The number of hydrogen-bond acceptors (Lipinski definition) is 4. The number of rotatable bonds is 3. The summed E-state index contributed by atoms with van der Waals surface area (Å²) in [6.07, 6.45) is 0.0682. The molecule has 1 aliphatic rings. The Bertz CT molecular complexity index is 746. The van der Waals surface area contributed by atoms with Crippen LogP contribution in [0.3, 0.4) is 0 Å². The standard InChI is InChI=1S/C15H17F3N4OS/c1-24-9-13(23)21-6-2-3-10(7-21)14-20-19-12-5-4-11(8-22(12)14)15(16,17)18/h4-5,8,10H,2-3,6-7,9H2,1H3. The number of pyridine rings is 1. The number of alkyl halides is 3. The lowest BCUT2D eigenvalue weighted by atomic mass is 9.97. The van der Waals surface area contributed by atoms with Crippen molar-refractivity contribution >= 4 is 23.3 Å². The van der Waals surface area contributed by atoms with Crippen LogP contribution in [-0.4, -0.2) is 50.5 Å². The van der Waals surface area contributed by atoms with E-state index in [4.69, 9.17) is 0 Å². The first-order valence-electron chi connectivity index (χ1n) is 7.58. The highest BCUT2D eigenvalue weighted by molar-refractivity contribution is 7.99. The molecule has 9 heteroatoms. The average molecular weight is 358 g/mol. The van der Waals surface area contributed by atoms with Crippen molar-refractivity contribution in [2.45, 2.75) is 24.9 Å². The number of halogens is 3. The van der Waals surface area contributed by atoms with E-state index in [1.165, 1.54) is 22.2 Å². The zero-order valence-corrected chi connectivity index (χ0v) is 13.9. The molecular weight excluding hydrogens is 341 g/mol. The zero-order valence-electron chi connectivity index (χ0n) is 13.1. The van der Waals surface area contributed by atoms with Crippen molar-refractivity contribution < 1.29 is 18.0 Å². The van der Waals surface area contributed by atoms with Gasteiger partial charge in [0.2, 0.25) is 5.91 Å². The van der Waals surface area contributed by atoms with E-state index >= 15 is 0 Å². The van der Waals surface area contributed by atoms with Gasteiger partial charge < -0.3 is 4.90 Å². The van der Waals surface area contributed by atoms with Crippen molar-refractivity contribution in [1.29, 1.82) is 0 Å². The van der Waals surface area contributed by atoms with Crippen molar-refractivity contribution in [3.63, 3.8) is 0 Å². The summed E-state index contributed by atoms with van der Waals surface area (Å²) in [6.45, 7) is 1.15. The Balaban J connectivity index is 1.89. The lowest BCUT2D eigenvalue weighted by molar-refractivity contribution is -0.137. The molecule has 1 aliphatic heterocycles. The molecule has 2 aromatic heterocycles. The van der Waals surface area contributed by atoms with Crippen LogP contribution in [0.4, 0.5) is 13.2 Å². The molecule has 0 bridgehead atoms. The SMILES string of the molecule is CSCC(=O)N1CCCC(c2nnc3ccc(C(F)(F)F)cn23)C1. The highest BCUT2D eigenvalue weighted by Crippen LogP contribution is 2.31. The number of thioether (sulfide) groups is 1. The van der Waals surface area contributed by atoms with E-state index in [2.05, 4.69) is 10.2 Å². The average Bonchev–Trinajstić information content (AvgIpc) is 2.97. The fourth-order valence-corrected chi connectivity index (χ4v) is 3.41. The third kappa shape index (κ3) is 3.35. The van der Waals surface area contributed by atoms with Crippen LogP contribution in [0.15, 0.2) is 18.3 Å². The summed E-state index contributed by atoms with van der Waals surface area (Å²) < 4.78 is 40.2. The molecule has 2 aromatic rings. The number of aromatic nitrogens is 3. The number of nitrogens with zero attached hydrogens (tertiary/aromatic N) is 4. The molecule has 1 saturated heterocycles. The van der Waals surface area contributed by atoms with Gasteiger partial charge in [-0.25, -0.2) is 0 Å². The number of carbonyl (C=O) groups excluding carboxylic acids is 1. The van der Waals surface area contributed by atoms with Crippen molar-refractivity contribution in [1.82, 2.24) is 19.5 Å². The molecule has 5 nitrogen and oxygen atoms in total. The van der Waals surface area contributed by atoms with E-state index in [1.807, 2.05) is 6.26 Å². The van der Waals surface area contributed by atoms with Crippen molar-refractivity contribution in [2.75, 3.05) is 25.1 Å². The summed E-state index contributed by atoms with van der Waals surface area (Å²) in [5.41, 5.74) is -0.354. The van der Waals surface area contributed by atoms with Crippen LogP contribution in [0.2, 0.25) is 0 Å². The summed E-state index contributed by atoms with van der Waals surface area (Å²) in [7, 11) is 0. The van der Waals surface area contributed by atoms with Crippen molar-refractivity contribution in [3.05, 3.63) is 29.7 Å². The molecule has 130 valence electrons. The van der Waals surface area contributed by atoms with Gasteiger partial charge in [-0.15, -0.1) is 10.2 Å². The van der Waals surface area contributed by atoms with Crippen molar-refractivity contribution in [2.24, 2.45) is 0 Å². The largest absolute Gasteiger partial charge is 0.417 e. The van der Waals surface area contributed by atoms with Crippen LogP contribution in [0, 0.1) is 0 Å². The molecule has 1 amide bonds. The lowest BCUT2D eigenvalue weighted by Crippen LogP contribution is -2.40. The first kappa shape index (κ1) is 17.1. The van der Waals surface area contributed by atoms with Gasteiger partial charge in [0.1, 0.15) is 5.82 Å². The van der Waals surface area contributed by atoms with Gasteiger partial charge in [-0.3, -0.25) is 9.20 Å². The second-order valence-electron chi connectivity index (χ2n) is 5.81. The maximum absolute atomic E-state index is 12.9. The molecule has 1 fully saturated rings. The number of fused-ring (bicyclic) bond motifs is 1. The normalized spacial score (nSPS) is 19.0. The first-order chi connectivity index (χ1) is 11.4. The predicted molar refractivity (Wildman–Crippen MR) is 84.9 cm³/mol. The molecule has 0 radical (unpaired) electrons. The van der Waals surface area contributed by atoms with Crippen LogP contribution in [0.5, 0.6) is 0 Å². The van der Waals surface area contributed by atoms with E-state index in [-0.39, 0.29) is 11.8 Å². The molecule has 0 aromatic carbocycles. The van der Waals surface area contributed by atoms with Gasteiger partial charge in [0, 0.05) is 25.2 Å². The van der Waals surface area contributed by atoms with Crippen LogP contribution in [0.25, 0.3) is 5.65 Å². The van der Waals surface area contributed by atoms with E-state index in [1.54, 1.807) is 4.90 Å². The summed E-state index contributed by atoms with van der Waals surface area (Å²) >= 11 is 1.46. The highest BCUT2D eigenvalue weighted by atomic mass is 32.2. The van der Waals surface area contributed by atoms with Gasteiger partial charge >= 0.3 is 6.18 Å². The molecule has 24 heavy (non-hydrogen) atoms. The Morgan fingerprint density at radius 1 is 1.38 bits per heavy atom. The summed E-state index contributed by atoms with van der Waals surface area (Å²) in [5.74, 6) is 0.837. The van der Waals surface area contributed by atoms with E-state index in [0.717, 1.165) is 25.1 Å². The van der Waals surface area contributed by atoms with Crippen LogP contribution >= 0.6 is 11.8 Å². The molecule has 3 heterocycles. The van der Waals surface area contributed by atoms with Gasteiger partial charge in [-0.2, -0.15) is 24.9 Å². The minimum atomic E-state index is -4.41. The summed E-state index contributed by atoms with van der Waals surface area (Å²) in [4.78, 5) is 13.8. The van der Waals surface area contributed by atoms with Gasteiger partial charge in [0.25, 0.3) is 0 Å². The van der Waals surface area contributed by atoms with E-state index in [9.17, 15) is 18.0 Å². The van der Waals surface area contributed by atoms with Crippen LogP contribution in [-0.2, 0) is 11.0 Å². The number of hydrogen-bond donors (Lipinski definition) is 0. The quantitative estimate of drug-likeness (QED) is 0.847. The maximum Gasteiger partial charge on any atom is 0.417 e. The lowest BCUT2D eigenvalue weighted by Gasteiger charge is -2.32. The number of amides is 1. The van der Waals surface area contributed by atoms with Crippen LogP contribution in [0.1, 0.15) is 30.1 Å². The summed E-state index contributed by atoms with van der Waals surface area (Å²) in [5, 5.41) is 8.05. The Morgan fingerprint density at radius 3 is 2.88 bits per heavy atom. The molecule has 0 aliphatic carbocycles. The fourth-order valence-electron chi connectivity index (χ4n) is 2.98. The first-order valence-corrected chi connectivity index (χ1v) is 8.98. The number of likely N-dealkylation sites (tertiary alicyclic amines) is 1. The molecule has 1 atom stereocenters. The van der Waals surface area contributed by atoms with E-state index in [0.29, 0.717) is 30.3 Å². The monoisotopic (exact) mass is 358 g/mol. The maximum atomic E-state index is 12.9. The van der Waals surface area contributed by atoms with Crippen molar-refractivity contribution in [3.8, 4) is 0 Å². The Kier molecular flexibility index (Phi) is 4.71. The highest BCUT2D eigenvalue weighted by Gasteiger charge is 2.32. The van der Waals surface area contributed by atoms with Gasteiger partial charge in [-0.1, -0.05) is 0 Å². The molecule has 3 rings (SSSR count). The molecule has 0 N–H and O–H groups in total. The second kappa shape index (κ2) is 6.62. The Hall–Kier alpha value is -1.77. The molecule has 1 unspecified atom stereocenters. The minimum absolute atomic E-state index is 0.0528. The van der Waals surface area contributed by atoms with Gasteiger partial charge in [0.15, 0.2) is 5.65 Å². The third-order valence-corrected chi connectivity index (χ3v) is 4.70. The second-order valence-corrected chi connectivity index (χ2v) is 6.68. The Labute approximate surface area is 141 Å². The smallest absolute Gasteiger partial charge is 0.341 e. The van der Waals surface area contributed by atoms with Gasteiger partial charge in [-0.05, 0) is 31.2 Å². The van der Waals surface area contributed by atoms with E-state index < -0.39 is 11.7 Å². The zero-order chi connectivity index (χ0) is 17.3. The fraction of sp³-hybridized carbons (Fsp3) is 0.533. The summed E-state index contributed by atoms with van der Waals surface area (Å²) in [6, 6.07) is 2.32. The number of piperidine rings is 1. The molecule has 0 spiro atoms. The number of carbonyl (C=O) groups is 1. The van der Waals surface area contributed by atoms with Gasteiger partial charge in [0.05, 0.1) is 11.3 Å². The third-order valence-electron chi connectivity index (χ3n) is 4.16. The Morgan fingerprint density at radius 2 is 2.17 bits per heavy atom.